The van der Waals surface area contributed by atoms with Gasteiger partial charge in [-0.1, -0.05) is 12.8 Å². The molecule has 0 saturated carbocycles. The Labute approximate surface area is 112 Å². The molecule has 1 heterocycles. The summed E-state index contributed by atoms with van der Waals surface area (Å²) in [5, 5.41) is 3.10. The van der Waals surface area contributed by atoms with E-state index < -0.39 is 0 Å². The van der Waals surface area contributed by atoms with Crippen LogP contribution in [-0.2, 0) is 0 Å². The van der Waals surface area contributed by atoms with E-state index in [0.29, 0.717) is 12.0 Å². The van der Waals surface area contributed by atoms with E-state index in [9.17, 15) is 0 Å². The monoisotopic (exact) mass is 254 g/mol. The van der Waals surface area contributed by atoms with E-state index in [1.165, 1.54) is 51.7 Å². The predicted molar refractivity (Wildman–Crippen MR) is 78.9 cm³/mol. The Morgan fingerprint density at radius 2 is 1.89 bits per heavy atom. The Hall–Kier alpha value is -0.770. The standard InChI is InChI=1S/C14H30N4/c1-13(2)17-14(15)16-9-5-3-6-10-18-11-7-4-8-12-18/h13H,3-12H2,1-2H3,(H3,15,16,17). The summed E-state index contributed by atoms with van der Waals surface area (Å²) in [6.07, 6.45) is 7.91. The molecule has 0 amide bonds. The van der Waals surface area contributed by atoms with Crippen molar-refractivity contribution in [2.75, 3.05) is 26.2 Å². The zero-order valence-electron chi connectivity index (χ0n) is 12.1. The van der Waals surface area contributed by atoms with Gasteiger partial charge in [0.05, 0.1) is 0 Å². The molecular weight excluding hydrogens is 224 g/mol. The minimum Gasteiger partial charge on any atom is -0.370 e. The molecule has 1 aliphatic heterocycles. The molecule has 0 bridgehead atoms. The molecule has 0 aromatic carbocycles. The van der Waals surface area contributed by atoms with Gasteiger partial charge >= 0.3 is 0 Å². The average Bonchev–Trinajstić information content (AvgIpc) is 2.34. The van der Waals surface area contributed by atoms with Crippen LogP contribution < -0.4 is 11.1 Å². The number of nitrogens with one attached hydrogen (secondary N) is 1. The Morgan fingerprint density at radius 3 is 2.56 bits per heavy atom. The van der Waals surface area contributed by atoms with E-state index in [-0.39, 0.29) is 0 Å². The Kier molecular flexibility index (Phi) is 7.81. The van der Waals surface area contributed by atoms with Crippen LogP contribution in [0.1, 0.15) is 52.4 Å². The molecular formula is C14H30N4. The van der Waals surface area contributed by atoms with Crippen LogP contribution in [0.3, 0.4) is 0 Å². The highest BCUT2D eigenvalue weighted by Gasteiger charge is 2.08. The molecule has 18 heavy (non-hydrogen) atoms. The summed E-state index contributed by atoms with van der Waals surface area (Å²) in [5.41, 5.74) is 5.74. The van der Waals surface area contributed by atoms with E-state index >= 15 is 0 Å². The lowest BCUT2D eigenvalue weighted by Crippen LogP contribution is -2.36. The van der Waals surface area contributed by atoms with Crippen molar-refractivity contribution in [2.24, 2.45) is 10.7 Å². The number of nitrogens with zero attached hydrogens (tertiary/aromatic N) is 2. The molecule has 0 aromatic rings. The zero-order valence-corrected chi connectivity index (χ0v) is 12.1. The zero-order chi connectivity index (χ0) is 13.2. The normalized spacial score (nSPS) is 18.3. The summed E-state index contributed by atoms with van der Waals surface area (Å²) >= 11 is 0. The molecule has 0 aliphatic carbocycles. The molecule has 1 rings (SSSR count). The van der Waals surface area contributed by atoms with Crippen molar-refractivity contribution in [3.05, 3.63) is 0 Å². The average molecular weight is 254 g/mol. The van der Waals surface area contributed by atoms with Gasteiger partial charge in [-0.3, -0.25) is 4.99 Å². The SMILES string of the molecule is CC(C)NC(N)=NCCCCCN1CCCCC1. The molecule has 1 saturated heterocycles. The molecule has 0 aromatic heterocycles. The van der Waals surface area contributed by atoms with E-state index in [1.807, 2.05) is 0 Å². The fourth-order valence-corrected chi connectivity index (χ4v) is 2.35. The van der Waals surface area contributed by atoms with Gasteiger partial charge in [-0.25, -0.2) is 0 Å². The van der Waals surface area contributed by atoms with Gasteiger partial charge in [0, 0.05) is 12.6 Å². The lowest BCUT2D eigenvalue weighted by molar-refractivity contribution is 0.224. The number of hydrogen-bond donors (Lipinski definition) is 2. The van der Waals surface area contributed by atoms with Crippen LogP contribution in [-0.4, -0.2) is 43.1 Å². The third-order valence-corrected chi connectivity index (χ3v) is 3.30. The number of aliphatic imine (C=N–C) groups is 1. The second kappa shape index (κ2) is 9.20. The Balaban J connectivity index is 1.94. The van der Waals surface area contributed by atoms with Gasteiger partial charge in [-0.2, -0.15) is 0 Å². The molecule has 106 valence electrons. The van der Waals surface area contributed by atoms with Crippen LogP contribution in [0.4, 0.5) is 0 Å². The van der Waals surface area contributed by atoms with Gasteiger partial charge in [0.1, 0.15) is 0 Å². The first kappa shape index (κ1) is 15.3. The summed E-state index contributed by atoms with van der Waals surface area (Å²) in [7, 11) is 0. The number of guanidine groups is 1. The lowest BCUT2D eigenvalue weighted by atomic mass is 10.1. The van der Waals surface area contributed by atoms with E-state index in [1.54, 1.807) is 0 Å². The Morgan fingerprint density at radius 1 is 1.17 bits per heavy atom. The summed E-state index contributed by atoms with van der Waals surface area (Å²) < 4.78 is 0. The first-order valence-electron chi connectivity index (χ1n) is 7.47. The van der Waals surface area contributed by atoms with Crippen molar-refractivity contribution in [1.82, 2.24) is 10.2 Å². The highest BCUT2D eigenvalue weighted by atomic mass is 15.1. The highest BCUT2D eigenvalue weighted by Crippen LogP contribution is 2.09. The van der Waals surface area contributed by atoms with Gasteiger partial charge in [0.15, 0.2) is 5.96 Å². The summed E-state index contributed by atoms with van der Waals surface area (Å²) in [6.45, 7) is 8.88. The minimum atomic E-state index is 0.368. The minimum absolute atomic E-state index is 0.368. The largest absolute Gasteiger partial charge is 0.370 e. The van der Waals surface area contributed by atoms with Gasteiger partial charge in [0.25, 0.3) is 0 Å². The van der Waals surface area contributed by atoms with Crippen molar-refractivity contribution in [1.29, 1.82) is 0 Å². The van der Waals surface area contributed by atoms with Gasteiger partial charge in [0.2, 0.25) is 0 Å². The highest BCUT2D eigenvalue weighted by molar-refractivity contribution is 5.77. The van der Waals surface area contributed by atoms with Crippen molar-refractivity contribution in [3.63, 3.8) is 0 Å². The molecule has 4 nitrogen and oxygen atoms in total. The van der Waals surface area contributed by atoms with Crippen molar-refractivity contribution >= 4 is 5.96 Å². The van der Waals surface area contributed by atoms with E-state index in [0.717, 1.165) is 13.0 Å². The molecule has 0 unspecified atom stereocenters. The van der Waals surface area contributed by atoms with Crippen molar-refractivity contribution in [3.8, 4) is 0 Å². The number of nitrogens with two attached hydrogens (primary N) is 1. The number of unbranched alkanes of at least 4 members (excludes halogenated alkanes) is 2. The fraction of sp³-hybridized carbons (Fsp3) is 0.929. The first-order chi connectivity index (χ1) is 8.68. The molecule has 0 spiro atoms. The molecule has 1 aliphatic rings. The summed E-state index contributed by atoms with van der Waals surface area (Å²) in [5.74, 6) is 0.584. The maximum atomic E-state index is 5.74. The predicted octanol–water partition coefficient (Wildman–Crippen LogP) is 1.96. The molecule has 4 heteroatoms. The molecule has 0 radical (unpaired) electrons. The molecule has 0 atom stereocenters. The second-order valence-electron chi connectivity index (χ2n) is 5.53. The van der Waals surface area contributed by atoms with Gasteiger partial charge < -0.3 is 16.0 Å². The van der Waals surface area contributed by atoms with Crippen molar-refractivity contribution < 1.29 is 0 Å². The van der Waals surface area contributed by atoms with E-state index in [4.69, 9.17) is 5.73 Å². The molecule has 3 N–H and O–H groups in total. The van der Waals surface area contributed by atoms with Crippen LogP contribution in [0.5, 0.6) is 0 Å². The smallest absolute Gasteiger partial charge is 0.188 e. The third kappa shape index (κ3) is 7.54. The first-order valence-corrected chi connectivity index (χ1v) is 7.47. The van der Waals surface area contributed by atoms with Gasteiger partial charge in [-0.15, -0.1) is 0 Å². The lowest BCUT2D eigenvalue weighted by Gasteiger charge is -2.26. The van der Waals surface area contributed by atoms with Crippen LogP contribution in [0.15, 0.2) is 4.99 Å². The maximum Gasteiger partial charge on any atom is 0.188 e. The summed E-state index contributed by atoms with van der Waals surface area (Å²) in [4.78, 5) is 6.92. The van der Waals surface area contributed by atoms with Crippen LogP contribution in [0.25, 0.3) is 0 Å². The van der Waals surface area contributed by atoms with Crippen molar-refractivity contribution in [2.45, 2.75) is 58.4 Å². The topological polar surface area (TPSA) is 53.6 Å². The number of rotatable bonds is 7. The quantitative estimate of drug-likeness (QED) is 0.415. The van der Waals surface area contributed by atoms with Crippen LogP contribution in [0, 0.1) is 0 Å². The Bertz CT molecular complexity index is 232. The number of likely N-dealkylation sites (tertiary alicyclic amines) is 1. The van der Waals surface area contributed by atoms with Gasteiger partial charge in [-0.05, 0) is 59.2 Å². The second-order valence-corrected chi connectivity index (χ2v) is 5.53. The maximum absolute atomic E-state index is 5.74. The third-order valence-electron chi connectivity index (χ3n) is 3.30. The summed E-state index contributed by atoms with van der Waals surface area (Å²) in [6, 6.07) is 0.368. The van der Waals surface area contributed by atoms with E-state index in [2.05, 4.69) is 29.1 Å². The fourth-order valence-electron chi connectivity index (χ4n) is 2.35. The molecule has 1 fully saturated rings. The van der Waals surface area contributed by atoms with Crippen LogP contribution >= 0.6 is 0 Å². The number of hydrogen-bond acceptors (Lipinski definition) is 2. The number of piperidine rings is 1. The van der Waals surface area contributed by atoms with Crippen LogP contribution in [0.2, 0.25) is 0 Å².